The number of benzene rings is 1. The van der Waals surface area contributed by atoms with Gasteiger partial charge in [0, 0.05) is 18.1 Å². The zero-order valence-electron chi connectivity index (χ0n) is 11.0. The monoisotopic (exact) mass is 279 g/mol. The number of cyclic esters (lactones) is 1. The van der Waals surface area contributed by atoms with Gasteiger partial charge in [0.25, 0.3) is 5.69 Å². The van der Waals surface area contributed by atoms with Gasteiger partial charge in [0.05, 0.1) is 10.5 Å². The van der Waals surface area contributed by atoms with Crippen LogP contribution >= 0.6 is 0 Å². The zero-order chi connectivity index (χ0) is 14.9. The maximum atomic E-state index is 11.9. The van der Waals surface area contributed by atoms with E-state index >= 15 is 0 Å². The summed E-state index contributed by atoms with van der Waals surface area (Å²) in [4.78, 5) is 33.5. The van der Waals surface area contributed by atoms with Crippen LogP contribution in [0.5, 0.6) is 0 Å². The third kappa shape index (κ3) is 2.76. The fourth-order valence-electron chi connectivity index (χ4n) is 1.95. The fourth-order valence-corrected chi connectivity index (χ4v) is 1.95. The second-order valence-corrected chi connectivity index (χ2v) is 4.64. The Kier molecular flexibility index (Phi) is 3.69. The summed E-state index contributed by atoms with van der Waals surface area (Å²) in [6, 6.07) is 4.03. The lowest BCUT2D eigenvalue weighted by atomic mass is 10.1. The fraction of sp³-hybridized carbons (Fsp3) is 0.385. The first kappa shape index (κ1) is 14.0. The highest BCUT2D eigenvalue weighted by Crippen LogP contribution is 2.22. The Labute approximate surface area is 114 Å². The van der Waals surface area contributed by atoms with Crippen LogP contribution in [0.25, 0.3) is 0 Å². The van der Waals surface area contributed by atoms with Crippen molar-refractivity contribution in [2.24, 2.45) is 0 Å². The van der Waals surface area contributed by atoms with Crippen LogP contribution in [0.1, 0.15) is 29.3 Å². The molecule has 7 nitrogen and oxygen atoms in total. The molecule has 0 amide bonds. The smallest absolute Gasteiger partial charge is 0.347 e. The molecule has 0 N–H and O–H groups in total. The molecule has 2 atom stereocenters. The van der Waals surface area contributed by atoms with Gasteiger partial charge in [-0.1, -0.05) is 6.07 Å². The molecule has 1 saturated heterocycles. The Morgan fingerprint density at radius 3 is 2.75 bits per heavy atom. The van der Waals surface area contributed by atoms with Crippen molar-refractivity contribution < 1.29 is 24.0 Å². The van der Waals surface area contributed by atoms with Crippen molar-refractivity contribution in [2.75, 3.05) is 0 Å². The maximum Gasteiger partial charge on any atom is 0.347 e. The van der Waals surface area contributed by atoms with Crippen molar-refractivity contribution in [2.45, 2.75) is 32.5 Å². The molecule has 106 valence electrons. The molecule has 7 heteroatoms. The SMILES string of the molecule is Cc1ccc(C(=O)O[C@@H]2C[C@H](C)OC2=O)cc1[N+](=O)[O-]. The molecular formula is C13H13NO6. The largest absolute Gasteiger partial charge is 0.460 e. The quantitative estimate of drug-likeness (QED) is 0.475. The average molecular weight is 279 g/mol. The van der Waals surface area contributed by atoms with E-state index < -0.39 is 23.0 Å². The highest BCUT2D eigenvalue weighted by molar-refractivity contribution is 5.92. The Balaban J connectivity index is 2.16. The van der Waals surface area contributed by atoms with E-state index in [0.717, 1.165) is 6.07 Å². The number of carbonyl (C=O) groups excluding carboxylic acids is 2. The minimum absolute atomic E-state index is 0.0367. The van der Waals surface area contributed by atoms with Gasteiger partial charge in [-0.15, -0.1) is 0 Å². The Morgan fingerprint density at radius 2 is 2.20 bits per heavy atom. The van der Waals surface area contributed by atoms with Gasteiger partial charge in [-0.3, -0.25) is 10.1 Å². The van der Waals surface area contributed by atoms with Crippen LogP contribution in [0.2, 0.25) is 0 Å². The van der Waals surface area contributed by atoms with Gasteiger partial charge in [-0.05, 0) is 19.9 Å². The van der Waals surface area contributed by atoms with Crippen LogP contribution in [0.15, 0.2) is 18.2 Å². The molecule has 1 aromatic carbocycles. The molecule has 1 fully saturated rings. The number of aryl methyl sites for hydroxylation is 1. The lowest BCUT2D eigenvalue weighted by molar-refractivity contribution is -0.385. The third-order valence-corrected chi connectivity index (χ3v) is 3.02. The van der Waals surface area contributed by atoms with E-state index in [2.05, 4.69) is 0 Å². The lowest BCUT2D eigenvalue weighted by Crippen LogP contribution is -2.22. The van der Waals surface area contributed by atoms with E-state index in [1.165, 1.54) is 12.1 Å². The van der Waals surface area contributed by atoms with E-state index in [1.807, 2.05) is 0 Å². The molecule has 0 spiro atoms. The summed E-state index contributed by atoms with van der Waals surface area (Å²) in [5, 5.41) is 10.8. The number of carbonyl (C=O) groups is 2. The third-order valence-electron chi connectivity index (χ3n) is 3.02. The number of nitro benzene ring substituents is 1. The van der Waals surface area contributed by atoms with Gasteiger partial charge in [-0.2, -0.15) is 0 Å². The van der Waals surface area contributed by atoms with Crippen molar-refractivity contribution in [3.05, 3.63) is 39.4 Å². The zero-order valence-corrected chi connectivity index (χ0v) is 11.0. The molecule has 0 aliphatic carbocycles. The molecule has 1 aliphatic rings. The highest BCUT2D eigenvalue weighted by Gasteiger charge is 2.35. The standard InChI is InChI=1S/C13H13NO6/c1-7-3-4-9(6-10(7)14(17)18)12(15)20-11-5-8(2)19-13(11)16/h3-4,6,8,11H,5H2,1-2H3/t8-,11+/m0/s1. The summed E-state index contributed by atoms with van der Waals surface area (Å²) in [5.74, 6) is -1.36. The van der Waals surface area contributed by atoms with E-state index in [0.29, 0.717) is 12.0 Å². The predicted octanol–water partition coefficient (Wildman–Crippen LogP) is 1.76. The summed E-state index contributed by atoms with van der Waals surface area (Å²) in [5.41, 5.74) is 0.317. The first-order valence-corrected chi connectivity index (χ1v) is 6.05. The number of esters is 2. The average Bonchev–Trinajstić information content (AvgIpc) is 2.67. The highest BCUT2D eigenvalue weighted by atomic mass is 16.6. The van der Waals surface area contributed by atoms with Gasteiger partial charge in [-0.25, -0.2) is 9.59 Å². The number of hydrogen-bond acceptors (Lipinski definition) is 6. The molecule has 1 heterocycles. The van der Waals surface area contributed by atoms with Crippen molar-refractivity contribution in [1.29, 1.82) is 0 Å². The molecular weight excluding hydrogens is 266 g/mol. The maximum absolute atomic E-state index is 11.9. The summed E-state index contributed by atoms with van der Waals surface area (Å²) >= 11 is 0. The number of ether oxygens (including phenoxy) is 2. The van der Waals surface area contributed by atoms with Crippen LogP contribution in [0.4, 0.5) is 5.69 Å². The lowest BCUT2D eigenvalue weighted by Gasteiger charge is -2.08. The van der Waals surface area contributed by atoms with E-state index in [9.17, 15) is 19.7 Å². The van der Waals surface area contributed by atoms with Gasteiger partial charge < -0.3 is 9.47 Å². The Hall–Kier alpha value is -2.44. The van der Waals surface area contributed by atoms with Crippen LogP contribution in [-0.4, -0.2) is 29.1 Å². The second-order valence-electron chi connectivity index (χ2n) is 4.64. The minimum atomic E-state index is -0.946. The Morgan fingerprint density at radius 1 is 1.50 bits per heavy atom. The van der Waals surface area contributed by atoms with Gasteiger partial charge in [0.2, 0.25) is 6.10 Å². The summed E-state index contributed by atoms with van der Waals surface area (Å²) in [7, 11) is 0. The van der Waals surface area contributed by atoms with Crippen LogP contribution in [0, 0.1) is 17.0 Å². The number of nitro groups is 1. The molecule has 1 aromatic rings. The van der Waals surface area contributed by atoms with Gasteiger partial charge in [0.1, 0.15) is 6.10 Å². The summed E-state index contributed by atoms with van der Waals surface area (Å²) in [6.07, 6.45) is -0.955. The molecule has 0 saturated carbocycles. The second kappa shape index (κ2) is 5.28. The topological polar surface area (TPSA) is 95.7 Å². The number of rotatable bonds is 3. The van der Waals surface area contributed by atoms with Crippen molar-refractivity contribution in [3.8, 4) is 0 Å². The molecule has 0 bridgehead atoms. The van der Waals surface area contributed by atoms with Crippen LogP contribution < -0.4 is 0 Å². The number of nitrogens with zero attached hydrogens (tertiary/aromatic N) is 1. The molecule has 1 aliphatic heterocycles. The van der Waals surface area contributed by atoms with E-state index in [1.54, 1.807) is 13.8 Å². The van der Waals surface area contributed by atoms with Crippen molar-refractivity contribution >= 4 is 17.6 Å². The van der Waals surface area contributed by atoms with E-state index in [-0.39, 0.29) is 17.4 Å². The van der Waals surface area contributed by atoms with Crippen LogP contribution in [0.3, 0.4) is 0 Å². The summed E-state index contributed by atoms with van der Waals surface area (Å²) < 4.78 is 9.89. The Bertz CT molecular complexity index is 582. The molecule has 2 rings (SSSR count). The normalized spacial score (nSPS) is 21.4. The molecule has 0 unspecified atom stereocenters. The first-order chi connectivity index (χ1) is 9.38. The molecule has 0 aromatic heterocycles. The van der Waals surface area contributed by atoms with Gasteiger partial charge in [0.15, 0.2) is 0 Å². The van der Waals surface area contributed by atoms with Crippen molar-refractivity contribution in [3.63, 3.8) is 0 Å². The van der Waals surface area contributed by atoms with E-state index in [4.69, 9.17) is 9.47 Å². The minimum Gasteiger partial charge on any atom is -0.460 e. The van der Waals surface area contributed by atoms with Crippen molar-refractivity contribution in [1.82, 2.24) is 0 Å². The summed E-state index contributed by atoms with van der Waals surface area (Å²) in [6.45, 7) is 3.27. The first-order valence-electron chi connectivity index (χ1n) is 6.05. The number of hydrogen-bond donors (Lipinski definition) is 0. The molecule has 20 heavy (non-hydrogen) atoms. The molecule has 0 radical (unpaired) electrons. The predicted molar refractivity (Wildman–Crippen MR) is 67.2 cm³/mol. The van der Waals surface area contributed by atoms with Crippen LogP contribution in [-0.2, 0) is 14.3 Å². The van der Waals surface area contributed by atoms with Gasteiger partial charge >= 0.3 is 11.9 Å².